The van der Waals surface area contributed by atoms with Gasteiger partial charge in [-0.1, -0.05) is 17.7 Å². The Balaban J connectivity index is 2.24. The van der Waals surface area contributed by atoms with Crippen LogP contribution < -0.4 is 10.9 Å². The number of carbonyl (C=O) groups excluding carboxylic acids is 1. The van der Waals surface area contributed by atoms with Gasteiger partial charge in [0.1, 0.15) is 0 Å². The highest BCUT2D eigenvalue weighted by atomic mass is 79.9. The highest BCUT2D eigenvalue weighted by Gasteiger charge is 2.12. The van der Waals surface area contributed by atoms with Gasteiger partial charge in [0.2, 0.25) is 0 Å². The van der Waals surface area contributed by atoms with Gasteiger partial charge in [-0.2, -0.15) is 5.10 Å². The molecular formula is C11H7BrClN3O2. The van der Waals surface area contributed by atoms with Gasteiger partial charge in [0, 0.05) is 10.5 Å². The molecule has 0 saturated heterocycles. The van der Waals surface area contributed by atoms with E-state index in [0.717, 1.165) is 0 Å². The number of benzene rings is 1. The number of halogens is 2. The summed E-state index contributed by atoms with van der Waals surface area (Å²) in [6.07, 6.45) is 0. The van der Waals surface area contributed by atoms with E-state index < -0.39 is 5.91 Å². The summed E-state index contributed by atoms with van der Waals surface area (Å²) >= 11 is 9.23. The average molecular weight is 329 g/mol. The number of carbonyl (C=O) groups is 1. The summed E-state index contributed by atoms with van der Waals surface area (Å²) in [5.41, 5.74) is -0.0208. The molecule has 0 saturated carbocycles. The van der Waals surface area contributed by atoms with Crippen LogP contribution in [0, 0.1) is 0 Å². The fourth-order valence-electron chi connectivity index (χ4n) is 1.28. The van der Waals surface area contributed by atoms with Crippen LogP contribution >= 0.6 is 27.5 Å². The van der Waals surface area contributed by atoms with Crippen molar-refractivity contribution in [1.29, 1.82) is 0 Å². The minimum absolute atomic E-state index is 0.246. The lowest BCUT2D eigenvalue weighted by Crippen LogP contribution is -2.16. The van der Waals surface area contributed by atoms with E-state index in [1.54, 1.807) is 18.2 Å². The molecule has 0 aliphatic rings. The molecule has 0 aliphatic heterocycles. The SMILES string of the molecule is O=C(Nc1ccc(=O)[nH]n1)c1cccc(Br)c1Cl. The molecule has 2 aromatic rings. The van der Waals surface area contributed by atoms with Gasteiger partial charge in [0.15, 0.2) is 5.82 Å². The summed E-state index contributed by atoms with van der Waals surface area (Å²) in [6, 6.07) is 7.70. The highest BCUT2D eigenvalue weighted by molar-refractivity contribution is 9.10. The van der Waals surface area contributed by atoms with Gasteiger partial charge in [-0.05, 0) is 34.1 Å². The number of hydrogen-bond acceptors (Lipinski definition) is 3. The van der Waals surface area contributed by atoms with Crippen molar-refractivity contribution in [2.75, 3.05) is 5.32 Å². The third kappa shape index (κ3) is 2.77. The standard InChI is InChI=1S/C11H7BrClN3O2/c12-7-3-1-2-6(10(7)13)11(18)14-8-4-5-9(17)16-15-8/h1-5H,(H,16,17)(H,14,15,18). The van der Waals surface area contributed by atoms with Crippen molar-refractivity contribution in [2.24, 2.45) is 0 Å². The molecule has 0 unspecified atom stereocenters. The highest BCUT2D eigenvalue weighted by Crippen LogP contribution is 2.26. The Morgan fingerprint density at radius 3 is 2.78 bits per heavy atom. The van der Waals surface area contributed by atoms with Crippen molar-refractivity contribution in [2.45, 2.75) is 0 Å². The van der Waals surface area contributed by atoms with Gasteiger partial charge in [-0.3, -0.25) is 9.59 Å². The second-order valence-electron chi connectivity index (χ2n) is 3.36. The lowest BCUT2D eigenvalue weighted by Gasteiger charge is -2.06. The molecule has 0 aliphatic carbocycles. The van der Waals surface area contributed by atoms with Crippen molar-refractivity contribution in [3.63, 3.8) is 0 Å². The molecule has 0 atom stereocenters. The maximum absolute atomic E-state index is 11.9. The first-order chi connectivity index (χ1) is 8.58. The molecule has 1 aromatic heterocycles. The third-order valence-corrected chi connectivity index (χ3v) is 3.41. The maximum atomic E-state index is 11.9. The van der Waals surface area contributed by atoms with Crippen LogP contribution in [0.25, 0.3) is 0 Å². The van der Waals surface area contributed by atoms with Crippen molar-refractivity contribution in [3.8, 4) is 0 Å². The summed E-state index contributed by atoms with van der Waals surface area (Å²) in [7, 11) is 0. The number of H-pyrrole nitrogens is 1. The molecule has 7 heteroatoms. The van der Waals surface area contributed by atoms with Gasteiger partial charge in [-0.25, -0.2) is 5.10 Å². The Hall–Kier alpha value is -1.66. The Labute approximate surface area is 115 Å². The molecule has 18 heavy (non-hydrogen) atoms. The van der Waals surface area contributed by atoms with Gasteiger partial charge >= 0.3 is 0 Å². The Morgan fingerprint density at radius 2 is 2.11 bits per heavy atom. The first-order valence-electron chi connectivity index (χ1n) is 4.89. The van der Waals surface area contributed by atoms with E-state index in [4.69, 9.17) is 11.6 Å². The quantitative estimate of drug-likeness (QED) is 0.889. The number of anilines is 1. The van der Waals surface area contributed by atoms with Crippen LogP contribution in [-0.4, -0.2) is 16.1 Å². The van der Waals surface area contributed by atoms with Gasteiger partial charge in [0.25, 0.3) is 11.5 Å². The van der Waals surface area contributed by atoms with Crippen LogP contribution in [0.2, 0.25) is 5.02 Å². The first-order valence-corrected chi connectivity index (χ1v) is 6.06. The largest absolute Gasteiger partial charge is 0.305 e. The lowest BCUT2D eigenvalue weighted by molar-refractivity contribution is 0.102. The predicted octanol–water partition coefficient (Wildman–Crippen LogP) is 2.44. The summed E-state index contributed by atoms with van der Waals surface area (Å²) in [4.78, 5) is 22.7. The zero-order chi connectivity index (χ0) is 13.1. The number of rotatable bonds is 2. The number of aromatic nitrogens is 2. The van der Waals surface area contributed by atoms with Crippen LogP contribution in [-0.2, 0) is 0 Å². The van der Waals surface area contributed by atoms with Crippen LogP contribution in [0.15, 0.2) is 39.6 Å². The monoisotopic (exact) mass is 327 g/mol. The fraction of sp³-hybridized carbons (Fsp3) is 0. The summed E-state index contributed by atoms with van der Waals surface area (Å²) in [5, 5.41) is 8.74. The smallest absolute Gasteiger partial charge is 0.264 e. The molecule has 2 rings (SSSR count). The number of nitrogens with one attached hydrogen (secondary N) is 2. The van der Waals surface area contributed by atoms with Crippen LogP contribution in [0.1, 0.15) is 10.4 Å². The van der Waals surface area contributed by atoms with Crippen LogP contribution in [0.4, 0.5) is 5.82 Å². The summed E-state index contributed by atoms with van der Waals surface area (Å²) in [5.74, 6) is -0.156. The Bertz CT molecular complexity index is 636. The molecule has 0 spiro atoms. The molecule has 0 radical (unpaired) electrons. The second kappa shape index (κ2) is 5.32. The van der Waals surface area contributed by atoms with E-state index in [1.165, 1.54) is 12.1 Å². The van der Waals surface area contributed by atoms with E-state index >= 15 is 0 Å². The molecule has 92 valence electrons. The molecule has 2 N–H and O–H groups in total. The number of nitrogens with zero attached hydrogens (tertiary/aromatic N) is 1. The van der Waals surface area contributed by atoms with Crippen LogP contribution in [0.3, 0.4) is 0 Å². The molecule has 5 nitrogen and oxygen atoms in total. The summed E-state index contributed by atoms with van der Waals surface area (Å²) in [6.45, 7) is 0. The van der Waals surface area contributed by atoms with Gasteiger partial charge in [-0.15, -0.1) is 0 Å². The average Bonchev–Trinajstić information content (AvgIpc) is 2.35. The molecule has 0 fully saturated rings. The number of amides is 1. The minimum Gasteiger partial charge on any atom is -0.305 e. The maximum Gasteiger partial charge on any atom is 0.264 e. The summed E-state index contributed by atoms with van der Waals surface area (Å²) < 4.78 is 0.631. The van der Waals surface area contributed by atoms with E-state index in [2.05, 4.69) is 31.4 Å². The topological polar surface area (TPSA) is 74.8 Å². The first kappa shape index (κ1) is 12.8. The third-order valence-electron chi connectivity index (χ3n) is 2.12. The molecule has 1 amide bonds. The van der Waals surface area contributed by atoms with Crippen molar-refractivity contribution in [3.05, 3.63) is 55.7 Å². The number of aromatic amines is 1. The Kier molecular flexibility index (Phi) is 3.78. The zero-order valence-corrected chi connectivity index (χ0v) is 11.2. The molecule has 0 bridgehead atoms. The molecular weight excluding hydrogens is 321 g/mol. The van der Waals surface area contributed by atoms with Crippen molar-refractivity contribution >= 4 is 39.3 Å². The predicted molar refractivity (Wildman–Crippen MR) is 72.0 cm³/mol. The minimum atomic E-state index is -0.402. The van der Waals surface area contributed by atoms with E-state index in [1.807, 2.05) is 0 Å². The van der Waals surface area contributed by atoms with E-state index in [9.17, 15) is 9.59 Å². The van der Waals surface area contributed by atoms with E-state index in [-0.39, 0.29) is 11.4 Å². The second-order valence-corrected chi connectivity index (χ2v) is 4.59. The normalized spacial score (nSPS) is 10.1. The van der Waals surface area contributed by atoms with Gasteiger partial charge in [0.05, 0.1) is 10.6 Å². The molecule has 1 heterocycles. The number of hydrogen-bond donors (Lipinski definition) is 2. The van der Waals surface area contributed by atoms with Crippen molar-refractivity contribution in [1.82, 2.24) is 10.2 Å². The zero-order valence-electron chi connectivity index (χ0n) is 8.91. The van der Waals surface area contributed by atoms with Crippen LogP contribution in [0.5, 0.6) is 0 Å². The van der Waals surface area contributed by atoms with Gasteiger partial charge < -0.3 is 5.32 Å². The van der Waals surface area contributed by atoms with Crippen molar-refractivity contribution < 1.29 is 4.79 Å². The fourth-order valence-corrected chi connectivity index (χ4v) is 1.85. The molecule has 1 aromatic carbocycles. The lowest BCUT2D eigenvalue weighted by atomic mass is 10.2. The Morgan fingerprint density at radius 1 is 1.33 bits per heavy atom. The van der Waals surface area contributed by atoms with E-state index in [0.29, 0.717) is 15.1 Å².